The second-order valence-electron chi connectivity index (χ2n) is 4.06. The minimum absolute atomic E-state index is 0.241. The molecule has 0 unspecified atom stereocenters. The number of carbonyl (C=O) groups excluding carboxylic acids is 1. The van der Waals surface area contributed by atoms with E-state index in [0.717, 1.165) is 10.7 Å². The molecule has 0 saturated carbocycles. The Kier molecular flexibility index (Phi) is 2.75. The van der Waals surface area contributed by atoms with Gasteiger partial charge < -0.3 is 0 Å². The lowest BCUT2D eigenvalue weighted by Crippen LogP contribution is -2.13. The number of rotatable bonds is 2. The summed E-state index contributed by atoms with van der Waals surface area (Å²) in [5.41, 5.74) is 1.57. The maximum absolute atomic E-state index is 11.9. The van der Waals surface area contributed by atoms with E-state index in [1.165, 1.54) is 4.88 Å². The standard InChI is InChI=1S/C12H11N5OS/c1-7-8(2)19-12-15-11(16-17(7)12)14-10(18)9-3-5-13-6-4-9/h3-6H,1-2H3,(H,14,16,18). The first-order valence-corrected chi connectivity index (χ1v) is 6.51. The molecule has 96 valence electrons. The number of carbonyl (C=O) groups is 1. The Bertz CT molecular complexity index is 746. The molecule has 0 aliphatic carbocycles. The van der Waals surface area contributed by atoms with Crippen LogP contribution < -0.4 is 5.32 Å². The maximum atomic E-state index is 11.9. The largest absolute Gasteiger partial charge is 0.289 e. The topological polar surface area (TPSA) is 72.2 Å². The molecule has 0 aliphatic heterocycles. The summed E-state index contributed by atoms with van der Waals surface area (Å²) >= 11 is 1.55. The van der Waals surface area contributed by atoms with E-state index in [2.05, 4.69) is 20.4 Å². The van der Waals surface area contributed by atoms with Crippen LogP contribution in [0.25, 0.3) is 4.96 Å². The number of hydrogen-bond acceptors (Lipinski definition) is 5. The number of nitrogens with one attached hydrogen (secondary N) is 1. The van der Waals surface area contributed by atoms with E-state index >= 15 is 0 Å². The quantitative estimate of drug-likeness (QED) is 0.775. The van der Waals surface area contributed by atoms with Gasteiger partial charge in [0.2, 0.25) is 4.96 Å². The third kappa shape index (κ3) is 2.08. The first-order valence-electron chi connectivity index (χ1n) is 5.69. The zero-order valence-corrected chi connectivity index (χ0v) is 11.2. The molecule has 3 aromatic rings. The van der Waals surface area contributed by atoms with Gasteiger partial charge in [-0.05, 0) is 26.0 Å². The summed E-state index contributed by atoms with van der Waals surface area (Å²) in [5.74, 6) is 0.0752. The fourth-order valence-corrected chi connectivity index (χ4v) is 2.58. The number of nitrogens with zero attached hydrogens (tertiary/aromatic N) is 4. The van der Waals surface area contributed by atoms with Crippen molar-refractivity contribution in [2.75, 3.05) is 5.32 Å². The molecule has 19 heavy (non-hydrogen) atoms. The van der Waals surface area contributed by atoms with Gasteiger partial charge in [-0.15, -0.1) is 5.10 Å². The molecule has 0 fully saturated rings. The van der Waals surface area contributed by atoms with Crippen LogP contribution in [0.15, 0.2) is 24.5 Å². The van der Waals surface area contributed by atoms with Gasteiger partial charge in [0.25, 0.3) is 11.9 Å². The molecular weight excluding hydrogens is 262 g/mol. The summed E-state index contributed by atoms with van der Waals surface area (Å²) in [6.45, 7) is 3.99. The fraction of sp³-hybridized carbons (Fsp3) is 0.167. The van der Waals surface area contributed by atoms with Crippen LogP contribution in [0.1, 0.15) is 20.9 Å². The molecule has 0 saturated heterocycles. The van der Waals surface area contributed by atoms with E-state index in [0.29, 0.717) is 11.5 Å². The molecule has 1 N–H and O–H groups in total. The average molecular weight is 273 g/mol. The highest BCUT2D eigenvalue weighted by Crippen LogP contribution is 2.21. The molecule has 0 spiro atoms. The lowest BCUT2D eigenvalue weighted by atomic mass is 10.2. The smallest absolute Gasteiger partial charge is 0.258 e. The van der Waals surface area contributed by atoms with Crippen LogP contribution in [-0.2, 0) is 0 Å². The van der Waals surface area contributed by atoms with E-state index in [4.69, 9.17) is 0 Å². The van der Waals surface area contributed by atoms with Crippen LogP contribution in [0.4, 0.5) is 5.95 Å². The normalized spacial score (nSPS) is 10.8. The molecule has 1 amide bonds. The van der Waals surface area contributed by atoms with Gasteiger partial charge in [0.15, 0.2) is 0 Å². The average Bonchev–Trinajstić information content (AvgIpc) is 2.91. The van der Waals surface area contributed by atoms with Crippen LogP contribution in [0.2, 0.25) is 0 Å². The zero-order chi connectivity index (χ0) is 13.4. The third-order valence-corrected chi connectivity index (χ3v) is 3.87. The SMILES string of the molecule is Cc1sc2nc(NC(=O)c3ccncc3)nn2c1C. The van der Waals surface area contributed by atoms with Gasteiger partial charge >= 0.3 is 0 Å². The highest BCUT2D eigenvalue weighted by Gasteiger charge is 2.13. The highest BCUT2D eigenvalue weighted by atomic mass is 32.1. The number of aryl methyl sites for hydroxylation is 2. The number of amides is 1. The summed E-state index contributed by atoms with van der Waals surface area (Å²) < 4.78 is 1.74. The Morgan fingerprint density at radius 1 is 1.32 bits per heavy atom. The van der Waals surface area contributed by atoms with Crippen LogP contribution in [0.3, 0.4) is 0 Å². The van der Waals surface area contributed by atoms with E-state index in [-0.39, 0.29) is 5.91 Å². The summed E-state index contributed by atoms with van der Waals surface area (Å²) in [5, 5.41) is 6.94. The van der Waals surface area contributed by atoms with Crippen molar-refractivity contribution >= 4 is 28.2 Å². The molecule has 0 bridgehead atoms. The summed E-state index contributed by atoms with van der Waals surface area (Å²) in [6, 6.07) is 3.28. The van der Waals surface area contributed by atoms with E-state index < -0.39 is 0 Å². The second kappa shape index (κ2) is 4.43. The number of fused-ring (bicyclic) bond motifs is 1. The van der Waals surface area contributed by atoms with Crippen molar-refractivity contribution in [1.82, 2.24) is 19.6 Å². The van der Waals surface area contributed by atoms with Crippen molar-refractivity contribution < 1.29 is 4.79 Å². The van der Waals surface area contributed by atoms with Gasteiger partial charge in [-0.3, -0.25) is 15.1 Å². The lowest BCUT2D eigenvalue weighted by molar-refractivity contribution is 0.102. The second-order valence-corrected chi connectivity index (χ2v) is 5.25. The predicted molar refractivity (Wildman–Crippen MR) is 72.5 cm³/mol. The van der Waals surface area contributed by atoms with Crippen molar-refractivity contribution in [3.05, 3.63) is 40.7 Å². The van der Waals surface area contributed by atoms with Gasteiger partial charge in [0.05, 0.1) is 5.69 Å². The van der Waals surface area contributed by atoms with Gasteiger partial charge in [-0.2, -0.15) is 4.98 Å². The fourth-order valence-electron chi connectivity index (χ4n) is 1.67. The van der Waals surface area contributed by atoms with Gasteiger partial charge in [0, 0.05) is 22.8 Å². The first kappa shape index (κ1) is 11.8. The Morgan fingerprint density at radius 3 is 2.74 bits per heavy atom. The number of pyridine rings is 1. The predicted octanol–water partition coefficient (Wildman–Crippen LogP) is 2.05. The third-order valence-electron chi connectivity index (χ3n) is 2.82. The zero-order valence-electron chi connectivity index (χ0n) is 10.4. The van der Waals surface area contributed by atoms with E-state index in [9.17, 15) is 4.79 Å². The minimum Gasteiger partial charge on any atom is -0.289 e. The van der Waals surface area contributed by atoms with Crippen molar-refractivity contribution in [2.24, 2.45) is 0 Å². The van der Waals surface area contributed by atoms with Crippen LogP contribution in [0.5, 0.6) is 0 Å². The molecular formula is C12H11N5OS. The molecule has 3 aromatic heterocycles. The monoisotopic (exact) mass is 273 g/mol. The maximum Gasteiger partial charge on any atom is 0.258 e. The minimum atomic E-state index is -0.241. The molecule has 0 aromatic carbocycles. The molecule has 0 atom stereocenters. The Labute approximate surface area is 113 Å². The Hall–Kier alpha value is -2.28. The highest BCUT2D eigenvalue weighted by molar-refractivity contribution is 7.17. The molecule has 3 heterocycles. The van der Waals surface area contributed by atoms with Gasteiger partial charge in [-0.25, -0.2) is 4.52 Å². The summed E-state index contributed by atoms with van der Waals surface area (Å²) in [6.07, 6.45) is 3.14. The Balaban J connectivity index is 1.88. The molecule has 7 heteroatoms. The van der Waals surface area contributed by atoms with Crippen LogP contribution in [0, 0.1) is 13.8 Å². The number of hydrogen-bond donors (Lipinski definition) is 1. The first-order chi connectivity index (χ1) is 9.15. The van der Waals surface area contributed by atoms with Crippen molar-refractivity contribution in [2.45, 2.75) is 13.8 Å². The van der Waals surface area contributed by atoms with E-state index in [1.54, 1.807) is 40.4 Å². The Morgan fingerprint density at radius 2 is 2.05 bits per heavy atom. The lowest BCUT2D eigenvalue weighted by Gasteiger charge is -1.99. The molecule has 3 rings (SSSR count). The number of thiazole rings is 1. The summed E-state index contributed by atoms with van der Waals surface area (Å²) in [4.78, 5) is 22.0. The van der Waals surface area contributed by atoms with E-state index in [1.807, 2.05) is 13.8 Å². The van der Waals surface area contributed by atoms with Crippen LogP contribution in [-0.4, -0.2) is 25.5 Å². The van der Waals surface area contributed by atoms with Gasteiger partial charge in [0.1, 0.15) is 0 Å². The van der Waals surface area contributed by atoms with Gasteiger partial charge in [-0.1, -0.05) is 11.3 Å². The van der Waals surface area contributed by atoms with Crippen molar-refractivity contribution in [3.63, 3.8) is 0 Å². The number of aromatic nitrogens is 4. The van der Waals surface area contributed by atoms with Crippen molar-refractivity contribution in [3.8, 4) is 0 Å². The molecule has 0 aliphatic rings. The summed E-state index contributed by atoms with van der Waals surface area (Å²) in [7, 11) is 0. The molecule has 6 nitrogen and oxygen atoms in total. The number of anilines is 1. The molecule has 0 radical (unpaired) electrons. The van der Waals surface area contributed by atoms with Crippen molar-refractivity contribution in [1.29, 1.82) is 0 Å². The van der Waals surface area contributed by atoms with Crippen LogP contribution >= 0.6 is 11.3 Å².